The Labute approximate surface area is 186 Å². The van der Waals surface area contributed by atoms with Crippen molar-refractivity contribution in [3.05, 3.63) is 65.0 Å². The van der Waals surface area contributed by atoms with Crippen molar-refractivity contribution < 1.29 is 9.13 Å². The molecular formula is C22H26ClFN6O. The molecule has 1 aromatic heterocycles. The fourth-order valence-corrected chi connectivity index (χ4v) is 4.35. The maximum Gasteiger partial charge on any atom is 0.298 e. The number of nitrogens with one attached hydrogen (secondary N) is 1. The first-order valence-electron chi connectivity index (χ1n) is 10.1. The van der Waals surface area contributed by atoms with Crippen LogP contribution in [0.2, 0.25) is 5.02 Å². The Morgan fingerprint density at radius 2 is 2.10 bits per heavy atom. The molecule has 0 radical (unpaired) electrons. The van der Waals surface area contributed by atoms with Gasteiger partial charge in [0.25, 0.3) is 6.02 Å². The molecular weight excluding hydrogens is 419 g/mol. The average Bonchev–Trinajstić information content (AvgIpc) is 3.27. The summed E-state index contributed by atoms with van der Waals surface area (Å²) in [6.45, 7) is 6.04. The molecule has 2 unspecified atom stereocenters. The second kappa shape index (κ2) is 8.43. The number of benzene rings is 1. The zero-order valence-corrected chi connectivity index (χ0v) is 18.8. The number of aliphatic imine (C=N–C) groups is 1. The molecule has 1 aromatic carbocycles. The fraction of sp³-hybridized carbons (Fsp3) is 0.409. The van der Waals surface area contributed by atoms with Crippen LogP contribution in [0.3, 0.4) is 0 Å². The lowest BCUT2D eigenvalue weighted by atomic mass is 9.93. The van der Waals surface area contributed by atoms with Crippen molar-refractivity contribution >= 4 is 23.6 Å². The molecule has 2 aromatic rings. The highest BCUT2D eigenvalue weighted by molar-refractivity contribution is 6.31. The Bertz CT molecular complexity index is 1020. The van der Waals surface area contributed by atoms with Crippen molar-refractivity contribution in [2.45, 2.75) is 25.9 Å². The number of aromatic nitrogens is 2. The van der Waals surface area contributed by atoms with E-state index in [9.17, 15) is 4.39 Å². The first-order valence-corrected chi connectivity index (χ1v) is 10.5. The monoisotopic (exact) mass is 444 g/mol. The second-order valence-corrected chi connectivity index (χ2v) is 9.25. The van der Waals surface area contributed by atoms with Crippen molar-refractivity contribution in [1.29, 1.82) is 0 Å². The Morgan fingerprint density at radius 1 is 1.29 bits per heavy atom. The molecule has 0 saturated heterocycles. The normalized spacial score (nSPS) is 20.1. The Morgan fingerprint density at radius 3 is 2.84 bits per heavy atom. The Hall–Kier alpha value is -2.71. The van der Waals surface area contributed by atoms with Gasteiger partial charge in [0.15, 0.2) is 0 Å². The smallest absolute Gasteiger partial charge is 0.298 e. The number of hydrogen-bond acceptors (Lipinski definition) is 7. The third kappa shape index (κ3) is 4.65. The van der Waals surface area contributed by atoms with Crippen LogP contribution in [0.1, 0.15) is 37.2 Å². The zero-order valence-electron chi connectivity index (χ0n) is 18.0. The highest BCUT2D eigenvalue weighted by atomic mass is 35.5. The van der Waals surface area contributed by atoms with Crippen molar-refractivity contribution in [1.82, 2.24) is 19.8 Å². The van der Waals surface area contributed by atoms with E-state index in [1.54, 1.807) is 18.5 Å². The summed E-state index contributed by atoms with van der Waals surface area (Å²) in [5.41, 5.74) is 1.52. The molecule has 0 saturated carbocycles. The molecule has 164 valence electrons. The van der Waals surface area contributed by atoms with Gasteiger partial charge in [-0.2, -0.15) is 0 Å². The van der Waals surface area contributed by atoms with Gasteiger partial charge in [-0.25, -0.2) is 19.4 Å². The molecule has 0 aliphatic carbocycles. The van der Waals surface area contributed by atoms with E-state index < -0.39 is 0 Å². The van der Waals surface area contributed by atoms with Gasteiger partial charge in [-0.15, -0.1) is 0 Å². The van der Waals surface area contributed by atoms with Gasteiger partial charge in [0, 0.05) is 30.5 Å². The van der Waals surface area contributed by atoms with Crippen LogP contribution in [0.25, 0.3) is 0 Å². The highest BCUT2D eigenvalue weighted by Crippen LogP contribution is 2.45. The number of halogens is 2. The largest absolute Gasteiger partial charge is 0.432 e. The summed E-state index contributed by atoms with van der Waals surface area (Å²) in [6, 6.07) is 6.00. The van der Waals surface area contributed by atoms with Crippen LogP contribution in [0.15, 0.2) is 47.9 Å². The zero-order chi connectivity index (χ0) is 22.2. The van der Waals surface area contributed by atoms with Crippen LogP contribution < -0.4 is 5.32 Å². The third-order valence-corrected chi connectivity index (χ3v) is 5.52. The summed E-state index contributed by atoms with van der Waals surface area (Å²) in [5, 5.41) is 3.68. The minimum atomic E-state index is -0.388. The number of fused-ring (bicyclic) bond motifs is 1. The van der Waals surface area contributed by atoms with Crippen LogP contribution in [0.5, 0.6) is 0 Å². The second-order valence-electron chi connectivity index (χ2n) is 8.84. The number of rotatable bonds is 7. The van der Waals surface area contributed by atoms with E-state index in [4.69, 9.17) is 21.3 Å². The summed E-state index contributed by atoms with van der Waals surface area (Å²) < 4.78 is 19.1. The van der Waals surface area contributed by atoms with E-state index >= 15 is 0 Å². The van der Waals surface area contributed by atoms with Gasteiger partial charge in [-0.05, 0) is 43.3 Å². The van der Waals surface area contributed by atoms with Gasteiger partial charge in [-0.1, -0.05) is 31.5 Å². The Kier molecular flexibility index (Phi) is 5.85. The minimum Gasteiger partial charge on any atom is -0.432 e. The molecule has 3 heterocycles. The van der Waals surface area contributed by atoms with Crippen LogP contribution in [-0.4, -0.2) is 53.0 Å². The average molecular weight is 445 g/mol. The SMILES string of the molecule is CN(C)CC(C)(C)CNc1nccc(C2C(c3ccc(F)cc3Cl)N=C3OC=CN32)n1. The quantitative estimate of drug-likeness (QED) is 0.689. The summed E-state index contributed by atoms with van der Waals surface area (Å²) in [6.07, 6.45) is 5.13. The highest BCUT2D eigenvalue weighted by Gasteiger charge is 2.42. The molecule has 0 bridgehead atoms. The van der Waals surface area contributed by atoms with Gasteiger partial charge in [0.2, 0.25) is 5.95 Å². The number of nitrogens with zero attached hydrogens (tertiary/aromatic N) is 5. The molecule has 0 spiro atoms. The first-order chi connectivity index (χ1) is 14.7. The van der Waals surface area contributed by atoms with Gasteiger partial charge in [0.1, 0.15) is 24.2 Å². The lowest BCUT2D eigenvalue weighted by Crippen LogP contribution is -2.34. The van der Waals surface area contributed by atoms with Crippen LogP contribution in [-0.2, 0) is 4.74 Å². The first kappa shape index (κ1) is 21.5. The van der Waals surface area contributed by atoms with Gasteiger partial charge in [-0.3, -0.25) is 4.90 Å². The topological polar surface area (TPSA) is 65.9 Å². The molecule has 31 heavy (non-hydrogen) atoms. The van der Waals surface area contributed by atoms with Gasteiger partial charge >= 0.3 is 0 Å². The summed E-state index contributed by atoms with van der Waals surface area (Å²) in [4.78, 5) is 17.9. The molecule has 2 aliphatic rings. The predicted molar refractivity (Wildman–Crippen MR) is 119 cm³/mol. The summed E-state index contributed by atoms with van der Waals surface area (Å²) in [5.74, 6) is 0.160. The minimum absolute atomic E-state index is 0.0439. The van der Waals surface area contributed by atoms with Crippen molar-refractivity contribution in [2.75, 3.05) is 32.5 Å². The number of hydrogen-bond donors (Lipinski definition) is 1. The molecule has 4 rings (SSSR count). The van der Waals surface area contributed by atoms with Crippen LogP contribution in [0.4, 0.5) is 10.3 Å². The maximum absolute atomic E-state index is 13.6. The number of ether oxygens (including phenoxy) is 1. The van der Waals surface area contributed by atoms with Crippen LogP contribution >= 0.6 is 11.6 Å². The molecule has 7 nitrogen and oxygen atoms in total. The molecule has 1 N–H and O–H groups in total. The lowest BCUT2D eigenvalue weighted by molar-refractivity contribution is 0.254. The summed E-state index contributed by atoms with van der Waals surface area (Å²) in [7, 11) is 4.12. The maximum atomic E-state index is 13.6. The third-order valence-electron chi connectivity index (χ3n) is 5.19. The predicted octanol–water partition coefficient (Wildman–Crippen LogP) is 4.22. The van der Waals surface area contributed by atoms with E-state index in [-0.39, 0.29) is 23.3 Å². The summed E-state index contributed by atoms with van der Waals surface area (Å²) >= 11 is 6.36. The van der Waals surface area contributed by atoms with E-state index in [0.717, 1.165) is 18.8 Å². The molecule has 2 aliphatic heterocycles. The lowest BCUT2D eigenvalue weighted by Gasteiger charge is -2.28. The standard InChI is InChI=1S/C22H26ClFN6O/c1-22(2,13-29(3)4)12-26-20-25-8-7-17(27-20)19-18(28-21-30(19)9-10-31-21)15-6-5-14(24)11-16(15)23/h5-11,18-19H,12-13H2,1-4H3,(H,25,26,27). The Balaban J connectivity index is 1.61. The van der Waals surface area contributed by atoms with E-state index in [1.807, 2.05) is 17.2 Å². The van der Waals surface area contributed by atoms with Crippen LogP contribution in [0, 0.1) is 11.2 Å². The molecule has 9 heteroatoms. The number of anilines is 1. The number of amidine groups is 1. The van der Waals surface area contributed by atoms with E-state index in [1.165, 1.54) is 12.1 Å². The van der Waals surface area contributed by atoms with Crippen molar-refractivity contribution in [2.24, 2.45) is 10.4 Å². The van der Waals surface area contributed by atoms with Crippen molar-refractivity contribution in [3.8, 4) is 0 Å². The van der Waals surface area contributed by atoms with Gasteiger partial charge < -0.3 is 15.0 Å². The molecule has 2 atom stereocenters. The van der Waals surface area contributed by atoms with E-state index in [0.29, 0.717) is 22.6 Å². The fourth-order valence-electron chi connectivity index (χ4n) is 4.07. The van der Waals surface area contributed by atoms with E-state index in [2.05, 4.69) is 48.1 Å². The van der Waals surface area contributed by atoms with Gasteiger partial charge in [0.05, 0.1) is 5.69 Å². The molecule has 0 amide bonds. The molecule has 0 fully saturated rings. The van der Waals surface area contributed by atoms with Crippen molar-refractivity contribution in [3.63, 3.8) is 0 Å².